The van der Waals surface area contributed by atoms with Gasteiger partial charge < -0.3 is 24.5 Å². The summed E-state index contributed by atoms with van der Waals surface area (Å²) in [5.74, 6) is -0.440. The molecule has 0 unspecified atom stereocenters. The number of benzene rings is 2. The quantitative estimate of drug-likeness (QED) is 0.619. The van der Waals surface area contributed by atoms with Gasteiger partial charge in [-0.25, -0.2) is 9.78 Å². The molecule has 2 N–H and O–H groups in total. The number of aliphatic hydroxyl groups excluding tert-OH is 1. The van der Waals surface area contributed by atoms with Crippen LogP contribution in [0.25, 0.3) is 22.6 Å². The molecule has 8 heteroatoms. The largest absolute Gasteiger partial charge is 0.466 e. The van der Waals surface area contributed by atoms with Gasteiger partial charge in [0.25, 0.3) is 5.91 Å². The van der Waals surface area contributed by atoms with E-state index in [0.717, 1.165) is 11.1 Å². The molecular weight excluding hydrogens is 374 g/mol. The van der Waals surface area contributed by atoms with Gasteiger partial charge in [-0.05, 0) is 36.4 Å². The number of hydrogen-bond acceptors (Lipinski definition) is 7. The molecule has 0 radical (unpaired) electrons. The lowest BCUT2D eigenvalue weighted by molar-refractivity contribution is -0.136. The number of anilines is 1. The highest BCUT2D eigenvalue weighted by Gasteiger charge is 2.34. The smallest absolute Gasteiger partial charge is 0.337 e. The molecule has 0 saturated heterocycles. The monoisotopic (exact) mass is 393 g/mol. The van der Waals surface area contributed by atoms with Gasteiger partial charge in [-0.1, -0.05) is 12.1 Å². The number of carbonyl (C=O) groups is 2. The Morgan fingerprint density at radius 1 is 1.24 bits per heavy atom. The Balaban J connectivity index is 1.58. The number of aliphatic hydroxyl groups is 1. The summed E-state index contributed by atoms with van der Waals surface area (Å²) < 4.78 is 10.5. The number of amides is 1. The fourth-order valence-corrected chi connectivity index (χ4v) is 3.19. The van der Waals surface area contributed by atoms with Crippen LogP contribution >= 0.6 is 0 Å². The van der Waals surface area contributed by atoms with Crippen molar-refractivity contribution in [2.75, 3.05) is 32.1 Å². The maximum Gasteiger partial charge on any atom is 0.337 e. The number of nitrogens with zero attached hydrogens (tertiary/aromatic N) is 2. The molecule has 0 aliphatic carbocycles. The van der Waals surface area contributed by atoms with E-state index in [1.165, 1.54) is 12.0 Å². The molecule has 0 bridgehead atoms. The predicted octanol–water partition coefficient (Wildman–Crippen LogP) is 2.17. The van der Waals surface area contributed by atoms with Crippen molar-refractivity contribution < 1.29 is 23.8 Å². The summed E-state index contributed by atoms with van der Waals surface area (Å²) >= 11 is 0. The SMILES string of the molecule is COC(=O)C1=C(Nc2ccc(-c3nc4ccccc4o3)cc2)C(=O)N(CCO)C1. The zero-order valence-corrected chi connectivity index (χ0v) is 15.7. The van der Waals surface area contributed by atoms with Gasteiger partial charge >= 0.3 is 5.97 Å². The Bertz CT molecular complexity index is 1070. The molecule has 2 aromatic carbocycles. The molecule has 1 aromatic heterocycles. The van der Waals surface area contributed by atoms with Gasteiger partial charge in [0.1, 0.15) is 11.2 Å². The van der Waals surface area contributed by atoms with Crippen LogP contribution < -0.4 is 5.32 Å². The van der Waals surface area contributed by atoms with E-state index < -0.39 is 5.97 Å². The van der Waals surface area contributed by atoms with E-state index in [1.807, 2.05) is 36.4 Å². The van der Waals surface area contributed by atoms with E-state index in [2.05, 4.69) is 10.3 Å². The molecule has 0 spiro atoms. The van der Waals surface area contributed by atoms with Crippen molar-refractivity contribution in [2.45, 2.75) is 0 Å². The zero-order chi connectivity index (χ0) is 20.4. The summed E-state index contributed by atoms with van der Waals surface area (Å²) in [6.45, 7) is 0.0449. The molecule has 1 amide bonds. The minimum absolute atomic E-state index is 0.0926. The summed E-state index contributed by atoms with van der Waals surface area (Å²) in [6.07, 6.45) is 0. The number of β-amino-alcohol motifs (C(OH)–C–C–N with tert-alkyl or cyclic N) is 1. The summed E-state index contributed by atoms with van der Waals surface area (Å²) in [6, 6.07) is 14.7. The minimum Gasteiger partial charge on any atom is -0.466 e. The Hall–Kier alpha value is -3.65. The van der Waals surface area contributed by atoms with Crippen LogP contribution in [-0.4, -0.2) is 53.7 Å². The van der Waals surface area contributed by atoms with Gasteiger partial charge in [0.2, 0.25) is 5.89 Å². The van der Waals surface area contributed by atoms with Crippen molar-refractivity contribution in [3.8, 4) is 11.5 Å². The number of hydrogen-bond donors (Lipinski definition) is 2. The Morgan fingerprint density at radius 3 is 2.69 bits per heavy atom. The molecule has 0 atom stereocenters. The summed E-state index contributed by atoms with van der Waals surface area (Å²) in [5.41, 5.74) is 3.28. The number of nitrogens with one attached hydrogen (secondary N) is 1. The van der Waals surface area contributed by atoms with Crippen molar-refractivity contribution in [1.29, 1.82) is 0 Å². The predicted molar refractivity (Wildman–Crippen MR) is 106 cm³/mol. The van der Waals surface area contributed by atoms with Gasteiger partial charge in [0.15, 0.2) is 5.58 Å². The second-order valence-corrected chi connectivity index (χ2v) is 6.48. The number of para-hydroxylation sites is 2. The number of fused-ring (bicyclic) bond motifs is 1. The highest BCUT2D eigenvalue weighted by Crippen LogP contribution is 2.27. The summed E-state index contributed by atoms with van der Waals surface area (Å²) in [4.78, 5) is 30.5. The normalized spacial score (nSPS) is 14.0. The average molecular weight is 393 g/mol. The standard InChI is InChI=1S/C21H19N3O5/c1-28-21(27)15-12-24(10-11-25)20(26)18(15)22-14-8-6-13(7-9-14)19-23-16-4-2-3-5-17(16)29-19/h2-9,22,25H,10-12H2,1H3. The average Bonchev–Trinajstić information content (AvgIpc) is 3.31. The molecule has 2 heterocycles. The van der Waals surface area contributed by atoms with Crippen molar-refractivity contribution >= 4 is 28.7 Å². The van der Waals surface area contributed by atoms with Crippen LogP contribution in [0.15, 0.2) is 64.2 Å². The van der Waals surface area contributed by atoms with Gasteiger partial charge in [0.05, 0.1) is 25.8 Å². The maximum atomic E-state index is 12.6. The third-order valence-electron chi connectivity index (χ3n) is 4.65. The lowest BCUT2D eigenvalue weighted by Crippen LogP contribution is -2.31. The molecule has 0 saturated carbocycles. The summed E-state index contributed by atoms with van der Waals surface area (Å²) in [5, 5.41) is 12.1. The van der Waals surface area contributed by atoms with Crippen LogP contribution in [-0.2, 0) is 14.3 Å². The molecule has 1 aliphatic rings. The molecule has 1 aliphatic heterocycles. The number of rotatable bonds is 6. The van der Waals surface area contributed by atoms with Crippen molar-refractivity contribution in [3.63, 3.8) is 0 Å². The van der Waals surface area contributed by atoms with Crippen LogP contribution in [0.5, 0.6) is 0 Å². The summed E-state index contributed by atoms with van der Waals surface area (Å²) in [7, 11) is 1.27. The van der Waals surface area contributed by atoms with Gasteiger partial charge in [-0.2, -0.15) is 0 Å². The molecule has 4 rings (SSSR count). The first-order chi connectivity index (χ1) is 14.1. The van der Waals surface area contributed by atoms with E-state index in [1.54, 1.807) is 12.1 Å². The van der Waals surface area contributed by atoms with Gasteiger partial charge in [-0.3, -0.25) is 4.79 Å². The lowest BCUT2D eigenvalue weighted by Gasteiger charge is -2.15. The molecule has 148 valence electrons. The number of esters is 1. The van der Waals surface area contributed by atoms with Gasteiger partial charge in [-0.15, -0.1) is 0 Å². The van der Waals surface area contributed by atoms with Crippen LogP contribution in [0.4, 0.5) is 5.69 Å². The van der Waals surface area contributed by atoms with E-state index in [-0.39, 0.29) is 36.9 Å². The number of methoxy groups -OCH3 is 1. The third kappa shape index (κ3) is 3.57. The molecule has 0 fully saturated rings. The molecular formula is C21H19N3O5. The minimum atomic E-state index is -0.579. The first-order valence-electron chi connectivity index (χ1n) is 9.05. The van der Waals surface area contributed by atoms with E-state index >= 15 is 0 Å². The molecule has 29 heavy (non-hydrogen) atoms. The van der Waals surface area contributed by atoms with Gasteiger partial charge in [0, 0.05) is 17.8 Å². The second kappa shape index (κ2) is 7.76. The Kier molecular flexibility index (Phi) is 5.01. The second-order valence-electron chi connectivity index (χ2n) is 6.48. The highest BCUT2D eigenvalue weighted by atomic mass is 16.5. The first-order valence-corrected chi connectivity index (χ1v) is 9.05. The number of aromatic nitrogens is 1. The van der Waals surface area contributed by atoms with Crippen LogP contribution in [0.1, 0.15) is 0 Å². The zero-order valence-electron chi connectivity index (χ0n) is 15.7. The van der Waals surface area contributed by atoms with E-state index in [9.17, 15) is 9.59 Å². The number of carbonyl (C=O) groups excluding carboxylic acids is 2. The fraction of sp³-hybridized carbons (Fsp3) is 0.190. The van der Waals surface area contributed by atoms with Crippen LogP contribution in [0, 0.1) is 0 Å². The van der Waals surface area contributed by atoms with Crippen LogP contribution in [0.3, 0.4) is 0 Å². The Labute approximate surface area is 166 Å². The van der Waals surface area contributed by atoms with E-state index in [4.69, 9.17) is 14.3 Å². The first kappa shape index (κ1) is 18.7. The number of oxazole rings is 1. The molecule has 3 aromatic rings. The maximum absolute atomic E-state index is 12.6. The topological polar surface area (TPSA) is 105 Å². The number of ether oxygens (including phenoxy) is 1. The fourth-order valence-electron chi connectivity index (χ4n) is 3.19. The Morgan fingerprint density at radius 2 is 2.00 bits per heavy atom. The van der Waals surface area contributed by atoms with E-state index in [0.29, 0.717) is 17.2 Å². The van der Waals surface area contributed by atoms with Crippen molar-refractivity contribution in [2.24, 2.45) is 0 Å². The lowest BCUT2D eigenvalue weighted by atomic mass is 10.2. The molecule has 8 nitrogen and oxygen atoms in total. The third-order valence-corrected chi connectivity index (χ3v) is 4.65. The van der Waals surface area contributed by atoms with Crippen molar-refractivity contribution in [3.05, 3.63) is 59.8 Å². The highest BCUT2D eigenvalue weighted by molar-refractivity contribution is 6.08. The van der Waals surface area contributed by atoms with Crippen molar-refractivity contribution in [1.82, 2.24) is 9.88 Å². The van der Waals surface area contributed by atoms with Crippen LogP contribution in [0.2, 0.25) is 0 Å².